The zero-order valence-corrected chi connectivity index (χ0v) is 11.7. The normalized spacial score (nSPS) is 18.9. The van der Waals surface area contributed by atoms with Crippen LogP contribution in [0.25, 0.3) is 0 Å². The number of benzene rings is 1. The summed E-state index contributed by atoms with van der Waals surface area (Å²) in [7, 11) is 1.51. The van der Waals surface area contributed by atoms with Crippen LogP contribution in [-0.4, -0.2) is 47.8 Å². The molecule has 5 nitrogen and oxygen atoms in total. The summed E-state index contributed by atoms with van der Waals surface area (Å²) in [6.07, 6.45) is 2.70. The van der Waals surface area contributed by atoms with E-state index in [-0.39, 0.29) is 18.3 Å². The molecule has 2 rings (SSSR count). The summed E-state index contributed by atoms with van der Waals surface area (Å²) in [6, 6.07) is 4.71. The summed E-state index contributed by atoms with van der Waals surface area (Å²) in [6.45, 7) is 1.50. The summed E-state index contributed by atoms with van der Waals surface area (Å²) in [5, 5.41) is 18.9. The lowest BCUT2D eigenvalue weighted by Gasteiger charge is -2.32. The monoisotopic (exact) mass is 279 g/mol. The highest BCUT2D eigenvalue weighted by atomic mass is 16.5. The molecule has 0 saturated carbocycles. The Morgan fingerprint density at radius 3 is 2.95 bits per heavy atom. The fourth-order valence-electron chi connectivity index (χ4n) is 2.66. The van der Waals surface area contributed by atoms with E-state index in [1.165, 1.54) is 13.2 Å². The summed E-state index contributed by atoms with van der Waals surface area (Å²) in [4.78, 5) is 14.2. The molecule has 0 aromatic heterocycles. The van der Waals surface area contributed by atoms with Crippen molar-refractivity contribution in [3.63, 3.8) is 0 Å². The molecule has 2 N–H and O–H groups in total. The van der Waals surface area contributed by atoms with E-state index in [1.807, 2.05) is 0 Å². The topological polar surface area (TPSA) is 70.0 Å². The lowest BCUT2D eigenvalue weighted by atomic mass is 9.94. The van der Waals surface area contributed by atoms with Crippen molar-refractivity contribution >= 4 is 5.91 Å². The average Bonchev–Trinajstić information content (AvgIpc) is 2.47. The van der Waals surface area contributed by atoms with Gasteiger partial charge in [0, 0.05) is 25.8 Å². The Morgan fingerprint density at radius 1 is 1.50 bits per heavy atom. The molecule has 0 radical (unpaired) electrons. The molecule has 20 heavy (non-hydrogen) atoms. The van der Waals surface area contributed by atoms with E-state index in [4.69, 9.17) is 9.84 Å². The second-order valence-corrected chi connectivity index (χ2v) is 5.15. The number of nitrogens with zero attached hydrogens (tertiary/aromatic N) is 1. The number of ether oxygens (including phenoxy) is 1. The fourth-order valence-corrected chi connectivity index (χ4v) is 2.66. The van der Waals surface area contributed by atoms with Crippen molar-refractivity contribution in [3.05, 3.63) is 23.8 Å². The maximum atomic E-state index is 12.4. The van der Waals surface area contributed by atoms with Crippen LogP contribution in [0.4, 0.5) is 0 Å². The smallest absolute Gasteiger partial charge is 0.257 e. The van der Waals surface area contributed by atoms with Crippen LogP contribution in [-0.2, 0) is 0 Å². The number of aliphatic hydroxyl groups excluding tert-OH is 1. The van der Waals surface area contributed by atoms with Gasteiger partial charge in [0.25, 0.3) is 5.91 Å². The van der Waals surface area contributed by atoms with E-state index < -0.39 is 0 Å². The van der Waals surface area contributed by atoms with Gasteiger partial charge >= 0.3 is 0 Å². The van der Waals surface area contributed by atoms with Crippen molar-refractivity contribution in [2.24, 2.45) is 5.92 Å². The van der Waals surface area contributed by atoms with Gasteiger partial charge < -0.3 is 19.8 Å². The lowest BCUT2D eigenvalue weighted by Crippen LogP contribution is -2.40. The standard InChI is InChI=1S/C15H21NO4/c1-20-12-4-5-13(14(18)9-12)15(19)16-7-2-3-11(10-16)6-8-17/h4-5,9,11,17-18H,2-3,6-8,10H2,1H3. The quantitative estimate of drug-likeness (QED) is 0.879. The maximum Gasteiger partial charge on any atom is 0.257 e. The Hall–Kier alpha value is -1.75. The molecule has 1 atom stereocenters. The Bertz CT molecular complexity index is 473. The van der Waals surface area contributed by atoms with Crippen LogP contribution in [0.1, 0.15) is 29.6 Å². The SMILES string of the molecule is COc1ccc(C(=O)N2CCCC(CCO)C2)c(O)c1. The number of aliphatic hydroxyl groups is 1. The Morgan fingerprint density at radius 2 is 2.30 bits per heavy atom. The molecule has 0 bridgehead atoms. The first-order valence-corrected chi connectivity index (χ1v) is 6.93. The number of piperidine rings is 1. The number of rotatable bonds is 4. The van der Waals surface area contributed by atoms with Crippen molar-refractivity contribution in [1.82, 2.24) is 4.90 Å². The maximum absolute atomic E-state index is 12.4. The second-order valence-electron chi connectivity index (χ2n) is 5.15. The van der Waals surface area contributed by atoms with Gasteiger partial charge in [-0.2, -0.15) is 0 Å². The van der Waals surface area contributed by atoms with Crippen molar-refractivity contribution in [2.45, 2.75) is 19.3 Å². The number of phenols is 1. The molecule has 1 saturated heterocycles. The van der Waals surface area contributed by atoms with Crippen LogP contribution >= 0.6 is 0 Å². The van der Waals surface area contributed by atoms with Gasteiger partial charge in [0.2, 0.25) is 0 Å². The van der Waals surface area contributed by atoms with Gasteiger partial charge in [0.15, 0.2) is 0 Å². The molecule has 1 aliphatic heterocycles. The van der Waals surface area contributed by atoms with E-state index in [9.17, 15) is 9.90 Å². The number of aromatic hydroxyl groups is 1. The summed E-state index contributed by atoms with van der Waals surface area (Å²) >= 11 is 0. The second kappa shape index (κ2) is 6.61. The molecule has 5 heteroatoms. The zero-order chi connectivity index (χ0) is 14.5. The Kier molecular flexibility index (Phi) is 4.84. The molecule has 110 valence electrons. The minimum atomic E-state index is -0.159. The molecule has 1 aliphatic rings. The van der Waals surface area contributed by atoms with Gasteiger partial charge in [-0.15, -0.1) is 0 Å². The molecular formula is C15H21NO4. The minimum absolute atomic E-state index is 0.0568. The van der Waals surface area contributed by atoms with Crippen molar-refractivity contribution < 1.29 is 19.7 Å². The largest absolute Gasteiger partial charge is 0.507 e. The molecule has 1 aromatic carbocycles. The van der Waals surface area contributed by atoms with Crippen molar-refractivity contribution in [1.29, 1.82) is 0 Å². The predicted molar refractivity (Wildman–Crippen MR) is 75.0 cm³/mol. The highest BCUT2D eigenvalue weighted by Gasteiger charge is 2.25. The minimum Gasteiger partial charge on any atom is -0.507 e. The molecule has 0 spiro atoms. The molecule has 0 aliphatic carbocycles. The summed E-state index contributed by atoms with van der Waals surface area (Å²) in [5.41, 5.74) is 0.301. The number of carbonyl (C=O) groups excluding carboxylic acids is 1. The van der Waals surface area contributed by atoms with Crippen LogP contribution in [0, 0.1) is 5.92 Å². The van der Waals surface area contributed by atoms with E-state index in [0.717, 1.165) is 19.3 Å². The molecule has 1 heterocycles. The van der Waals surface area contributed by atoms with Crippen LogP contribution < -0.4 is 4.74 Å². The molecular weight excluding hydrogens is 258 g/mol. The van der Waals surface area contributed by atoms with E-state index in [1.54, 1.807) is 17.0 Å². The van der Waals surface area contributed by atoms with E-state index in [2.05, 4.69) is 0 Å². The van der Waals surface area contributed by atoms with Crippen LogP contribution in [0.15, 0.2) is 18.2 Å². The number of methoxy groups -OCH3 is 1. The third kappa shape index (κ3) is 3.22. The summed E-state index contributed by atoms with van der Waals surface area (Å²) in [5.74, 6) is 0.653. The highest BCUT2D eigenvalue weighted by molar-refractivity contribution is 5.97. The van der Waals surface area contributed by atoms with E-state index >= 15 is 0 Å². The first kappa shape index (κ1) is 14.7. The van der Waals surface area contributed by atoms with Crippen molar-refractivity contribution in [3.8, 4) is 11.5 Å². The Labute approximate surface area is 118 Å². The lowest BCUT2D eigenvalue weighted by molar-refractivity contribution is 0.0650. The first-order chi connectivity index (χ1) is 9.65. The Balaban J connectivity index is 2.10. The highest BCUT2D eigenvalue weighted by Crippen LogP contribution is 2.27. The van der Waals surface area contributed by atoms with Gasteiger partial charge in [-0.1, -0.05) is 0 Å². The van der Waals surface area contributed by atoms with Crippen LogP contribution in [0.5, 0.6) is 11.5 Å². The molecule has 1 amide bonds. The number of phenolic OH excluding ortho intramolecular Hbond substituents is 1. The van der Waals surface area contributed by atoms with Gasteiger partial charge in [-0.05, 0) is 37.3 Å². The number of amides is 1. The number of carbonyl (C=O) groups is 1. The molecule has 1 fully saturated rings. The van der Waals surface area contributed by atoms with Gasteiger partial charge in [0.05, 0.1) is 12.7 Å². The van der Waals surface area contributed by atoms with Crippen LogP contribution in [0.3, 0.4) is 0 Å². The first-order valence-electron chi connectivity index (χ1n) is 6.93. The number of likely N-dealkylation sites (tertiary alicyclic amines) is 1. The number of hydrogen-bond donors (Lipinski definition) is 2. The van der Waals surface area contributed by atoms with Gasteiger partial charge in [0.1, 0.15) is 11.5 Å². The summed E-state index contributed by atoms with van der Waals surface area (Å²) < 4.78 is 5.01. The number of hydrogen-bond acceptors (Lipinski definition) is 4. The van der Waals surface area contributed by atoms with Gasteiger partial charge in [-0.3, -0.25) is 4.79 Å². The average molecular weight is 279 g/mol. The van der Waals surface area contributed by atoms with Crippen molar-refractivity contribution in [2.75, 3.05) is 26.8 Å². The van der Waals surface area contributed by atoms with Gasteiger partial charge in [-0.25, -0.2) is 0 Å². The van der Waals surface area contributed by atoms with E-state index in [0.29, 0.717) is 30.3 Å². The molecule has 1 aromatic rings. The third-order valence-corrected chi connectivity index (χ3v) is 3.78. The fraction of sp³-hybridized carbons (Fsp3) is 0.533. The predicted octanol–water partition coefficient (Wildman–Crippen LogP) is 1.64. The zero-order valence-electron chi connectivity index (χ0n) is 11.7. The van der Waals surface area contributed by atoms with Crippen LogP contribution in [0.2, 0.25) is 0 Å². The third-order valence-electron chi connectivity index (χ3n) is 3.78. The molecule has 1 unspecified atom stereocenters.